The van der Waals surface area contributed by atoms with Gasteiger partial charge in [-0.15, -0.1) is 0 Å². The van der Waals surface area contributed by atoms with Crippen molar-refractivity contribution < 1.29 is 0 Å². The molecule has 82 valence electrons. The third kappa shape index (κ3) is 2.28. The van der Waals surface area contributed by atoms with E-state index in [0.717, 1.165) is 16.8 Å². The minimum atomic E-state index is -0.0898. The van der Waals surface area contributed by atoms with E-state index >= 15 is 0 Å². The Morgan fingerprint density at radius 2 is 1.88 bits per heavy atom. The monoisotopic (exact) mass is 212 g/mol. The molecule has 0 amide bonds. The van der Waals surface area contributed by atoms with Crippen LogP contribution in [-0.4, -0.2) is 4.98 Å². The van der Waals surface area contributed by atoms with Gasteiger partial charge < -0.3 is 5.73 Å². The summed E-state index contributed by atoms with van der Waals surface area (Å²) in [5.41, 5.74) is 10.6. The van der Waals surface area contributed by atoms with E-state index in [1.807, 2.05) is 31.3 Å². The number of pyridine rings is 1. The highest BCUT2D eigenvalue weighted by Gasteiger charge is 2.08. The van der Waals surface area contributed by atoms with E-state index in [-0.39, 0.29) is 6.04 Å². The van der Waals surface area contributed by atoms with E-state index in [1.165, 1.54) is 5.56 Å². The van der Waals surface area contributed by atoms with Gasteiger partial charge in [-0.3, -0.25) is 4.98 Å². The van der Waals surface area contributed by atoms with Crippen LogP contribution < -0.4 is 5.73 Å². The van der Waals surface area contributed by atoms with Gasteiger partial charge in [-0.1, -0.05) is 35.9 Å². The third-order valence-corrected chi connectivity index (χ3v) is 2.69. The molecule has 0 spiro atoms. The van der Waals surface area contributed by atoms with Crippen molar-refractivity contribution in [2.45, 2.75) is 19.9 Å². The number of hydrogen-bond donors (Lipinski definition) is 1. The van der Waals surface area contributed by atoms with E-state index in [0.29, 0.717) is 0 Å². The van der Waals surface area contributed by atoms with Crippen LogP contribution >= 0.6 is 0 Å². The number of hydrogen-bond acceptors (Lipinski definition) is 2. The van der Waals surface area contributed by atoms with Crippen LogP contribution in [-0.2, 0) is 0 Å². The Hall–Kier alpha value is -1.67. The quantitative estimate of drug-likeness (QED) is 0.831. The molecule has 16 heavy (non-hydrogen) atoms. The van der Waals surface area contributed by atoms with Gasteiger partial charge in [0.2, 0.25) is 0 Å². The topological polar surface area (TPSA) is 38.9 Å². The highest BCUT2D eigenvalue weighted by atomic mass is 14.7. The number of nitrogens with two attached hydrogens (primary N) is 1. The van der Waals surface area contributed by atoms with Crippen molar-refractivity contribution in [3.63, 3.8) is 0 Å². The molecule has 0 bridgehead atoms. The van der Waals surface area contributed by atoms with E-state index < -0.39 is 0 Å². The number of rotatable bonds is 2. The Labute approximate surface area is 96.1 Å². The SMILES string of the molecule is Cc1cccc(C(N)c2ccc(C)nc2)c1. The Balaban J connectivity index is 2.31. The van der Waals surface area contributed by atoms with Crippen molar-refractivity contribution in [1.29, 1.82) is 0 Å². The number of nitrogens with zero attached hydrogens (tertiary/aromatic N) is 1. The van der Waals surface area contributed by atoms with E-state index in [9.17, 15) is 0 Å². The molecule has 2 rings (SSSR count). The van der Waals surface area contributed by atoms with Crippen LogP contribution in [0.5, 0.6) is 0 Å². The summed E-state index contributed by atoms with van der Waals surface area (Å²) < 4.78 is 0. The molecular formula is C14H16N2. The lowest BCUT2D eigenvalue weighted by Crippen LogP contribution is -2.12. The summed E-state index contributed by atoms with van der Waals surface area (Å²) in [7, 11) is 0. The molecule has 1 heterocycles. The maximum atomic E-state index is 6.20. The standard InChI is InChI=1S/C14H16N2/c1-10-4-3-5-12(8-10)14(15)13-7-6-11(2)16-9-13/h3-9,14H,15H2,1-2H3. The Morgan fingerprint density at radius 1 is 1.06 bits per heavy atom. The Morgan fingerprint density at radius 3 is 2.50 bits per heavy atom. The molecule has 1 aromatic heterocycles. The lowest BCUT2D eigenvalue weighted by Gasteiger charge is -2.12. The van der Waals surface area contributed by atoms with Gasteiger partial charge in [0.25, 0.3) is 0 Å². The summed E-state index contributed by atoms with van der Waals surface area (Å²) in [6.45, 7) is 4.05. The normalized spacial score (nSPS) is 12.4. The minimum Gasteiger partial charge on any atom is -0.320 e. The van der Waals surface area contributed by atoms with Crippen molar-refractivity contribution in [2.24, 2.45) is 5.73 Å². The summed E-state index contributed by atoms with van der Waals surface area (Å²) >= 11 is 0. The zero-order valence-electron chi connectivity index (χ0n) is 9.64. The summed E-state index contributed by atoms with van der Waals surface area (Å²) in [4.78, 5) is 4.27. The average molecular weight is 212 g/mol. The molecule has 0 aliphatic rings. The molecule has 2 heteroatoms. The van der Waals surface area contributed by atoms with Crippen LogP contribution in [0.15, 0.2) is 42.6 Å². The molecule has 0 fully saturated rings. The van der Waals surface area contributed by atoms with Gasteiger partial charge >= 0.3 is 0 Å². The zero-order chi connectivity index (χ0) is 11.5. The fourth-order valence-electron chi connectivity index (χ4n) is 1.72. The molecule has 0 aliphatic carbocycles. The van der Waals surface area contributed by atoms with Crippen molar-refractivity contribution in [2.75, 3.05) is 0 Å². The van der Waals surface area contributed by atoms with E-state index in [2.05, 4.69) is 30.1 Å². The first-order valence-electron chi connectivity index (χ1n) is 5.41. The molecule has 0 saturated heterocycles. The second kappa shape index (κ2) is 4.45. The second-order valence-electron chi connectivity index (χ2n) is 4.12. The van der Waals surface area contributed by atoms with Gasteiger partial charge in [0.05, 0.1) is 6.04 Å². The number of benzene rings is 1. The predicted molar refractivity (Wildman–Crippen MR) is 66.2 cm³/mol. The second-order valence-corrected chi connectivity index (χ2v) is 4.12. The van der Waals surface area contributed by atoms with Gasteiger partial charge in [0, 0.05) is 11.9 Å². The lowest BCUT2D eigenvalue weighted by molar-refractivity contribution is 0.859. The van der Waals surface area contributed by atoms with E-state index in [4.69, 9.17) is 5.73 Å². The summed E-state index contributed by atoms with van der Waals surface area (Å²) in [5.74, 6) is 0. The maximum Gasteiger partial charge on any atom is 0.0567 e. The van der Waals surface area contributed by atoms with Crippen LogP contribution in [0.2, 0.25) is 0 Å². The number of aromatic nitrogens is 1. The van der Waals surface area contributed by atoms with Gasteiger partial charge in [-0.2, -0.15) is 0 Å². The van der Waals surface area contributed by atoms with Crippen molar-refractivity contribution in [3.05, 3.63) is 65.0 Å². The first-order valence-corrected chi connectivity index (χ1v) is 5.41. The van der Waals surface area contributed by atoms with Crippen LogP contribution in [0.4, 0.5) is 0 Å². The highest BCUT2D eigenvalue weighted by Crippen LogP contribution is 2.19. The largest absolute Gasteiger partial charge is 0.320 e. The molecule has 0 radical (unpaired) electrons. The fourth-order valence-corrected chi connectivity index (χ4v) is 1.72. The highest BCUT2D eigenvalue weighted by molar-refractivity contribution is 5.32. The number of aryl methyl sites for hydroxylation is 2. The first-order chi connectivity index (χ1) is 7.66. The smallest absolute Gasteiger partial charge is 0.0567 e. The zero-order valence-corrected chi connectivity index (χ0v) is 9.64. The Kier molecular flexibility index (Phi) is 3.02. The predicted octanol–water partition coefficient (Wildman–Crippen LogP) is 2.75. The Bertz CT molecular complexity index is 474. The molecule has 1 unspecified atom stereocenters. The van der Waals surface area contributed by atoms with Crippen molar-refractivity contribution >= 4 is 0 Å². The summed E-state index contributed by atoms with van der Waals surface area (Å²) in [5, 5.41) is 0. The van der Waals surface area contributed by atoms with Crippen LogP contribution in [0.1, 0.15) is 28.4 Å². The molecule has 0 saturated carbocycles. The summed E-state index contributed by atoms with van der Waals surface area (Å²) in [6, 6.07) is 12.2. The fraction of sp³-hybridized carbons (Fsp3) is 0.214. The molecule has 2 nitrogen and oxygen atoms in total. The minimum absolute atomic E-state index is 0.0898. The molecule has 1 atom stereocenters. The van der Waals surface area contributed by atoms with Gasteiger partial charge in [0.15, 0.2) is 0 Å². The van der Waals surface area contributed by atoms with Gasteiger partial charge in [0.1, 0.15) is 0 Å². The van der Waals surface area contributed by atoms with Crippen LogP contribution in [0.3, 0.4) is 0 Å². The van der Waals surface area contributed by atoms with Crippen molar-refractivity contribution in [3.8, 4) is 0 Å². The molecule has 2 aromatic rings. The lowest BCUT2D eigenvalue weighted by atomic mass is 9.99. The molecule has 2 N–H and O–H groups in total. The molecule has 0 aliphatic heterocycles. The van der Waals surface area contributed by atoms with E-state index in [1.54, 1.807) is 0 Å². The first kappa shape index (κ1) is 10.8. The van der Waals surface area contributed by atoms with Crippen LogP contribution in [0.25, 0.3) is 0 Å². The van der Waals surface area contributed by atoms with Crippen LogP contribution in [0, 0.1) is 13.8 Å². The molecule has 1 aromatic carbocycles. The summed E-state index contributed by atoms with van der Waals surface area (Å²) in [6.07, 6.45) is 1.85. The van der Waals surface area contributed by atoms with Gasteiger partial charge in [-0.25, -0.2) is 0 Å². The molecular weight excluding hydrogens is 196 g/mol. The average Bonchev–Trinajstić information content (AvgIpc) is 2.29. The van der Waals surface area contributed by atoms with Gasteiger partial charge in [-0.05, 0) is 31.0 Å². The maximum absolute atomic E-state index is 6.20. The van der Waals surface area contributed by atoms with Crippen molar-refractivity contribution in [1.82, 2.24) is 4.98 Å². The third-order valence-electron chi connectivity index (χ3n) is 2.69.